The first kappa shape index (κ1) is 10.3. The molecule has 0 radical (unpaired) electrons. The quantitative estimate of drug-likeness (QED) is 0.795. The molecule has 3 fully saturated rings. The van der Waals surface area contributed by atoms with E-state index in [-0.39, 0.29) is 0 Å². The predicted molar refractivity (Wildman–Crippen MR) is 63.1 cm³/mol. The molecule has 2 N–H and O–H groups in total. The van der Waals surface area contributed by atoms with Crippen LogP contribution in [-0.4, -0.2) is 40.8 Å². The molecule has 3 saturated heterocycles. The Morgan fingerprint density at radius 1 is 1.50 bits per heavy atom. The van der Waals surface area contributed by atoms with Crippen LogP contribution in [0.25, 0.3) is 0 Å². The summed E-state index contributed by atoms with van der Waals surface area (Å²) < 4.78 is 0. The Bertz CT molecular complexity index is 352. The number of aromatic amines is 1. The molecule has 0 aromatic carbocycles. The summed E-state index contributed by atoms with van der Waals surface area (Å²) in [5, 5.41) is 10.7. The zero-order valence-corrected chi connectivity index (χ0v) is 9.87. The average Bonchev–Trinajstić information content (AvgIpc) is 2.74. The summed E-state index contributed by atoms with van der Waals surface area (Å²) in [4.78, 5) is 2.58. The number of aromatic nitrogens is 2. The molecule has 0 amide bonds. The van der Waals surface area contributed by atoms with Crippen molar-refractivity contribution in [3.63, 3.8) is 0 Å². The van der Waals surface area contributed by atoms with Gasteiger partial charge in [-0.1, -0.05) is 0 Å². The molecule has 88 valence electrons. The molecule has 1 unspecified atom stereocenters. The van der Waals surface area contributed by atoms with Gasteiger partial charge in [-0.2, -0.15) is 5.10 Å². The van der Waals surface area contributed by atoms with Crippen molar-refractivity contribution in [3.8, 4) is 0 Å². The van der Waals surface area contributed by atoms with Gasteiger partial charge in [0.15, 0.2) is 0 Å². The molecule has 4 rings (SSSR count). The smallest absolute Gasteiger partial charge is 0.0535 e. The second kappa shape index (κ2) is 4.18. The van der Waals surface area contributed by atoms with E-state index in [4.69, 9.17) is 0 Å². The van der Waals surface area contributed by atoms with Gasteiger partial charge in [-0.05, 0) is 38.8 Å². The van der Waals surface area contributed by atoms with Gasteiger partial charge in [-0.25, -0.2) is 0 Å². The van der Waals surface area contributed by atoms with Gasteiger partial charge in [0.25, 0.3) is 0 Å². The van der Waals surface area contributed by atoms with Gasteiger partial charge < -0.3 is 10.2 Å². The van der Waals surface area contributed by atoms with Crippen LogP contribution in [0.2, 0.25) is 0 Å². The third-order valence-electron chi connectivity index (χ3n) is 4.15. The molecule has 4 heterocycles. The first-order valence-corrected chi connectivity index (χ1v) is 6.27. The maximum absolute atomic E-state index is 4.06. The van der Waals surface area contributed by atoms with Gasteiger partial charge in [0, 0.05) is 30.4 Å². The Morgan fingerprint density at radius 3 is 2.88 bits per heavy atom. The minimum absolute atomic E-state index is 0.691. The molecule has 0 aliphatic carbocycles. The van der Waals surface area contributed by atoms with E-state index in [1.807, 2.05) is 6.20 Å². The monoisotopic (exact) mass is 220 g/mol. The fraction of sp³-hybridized carbons (Fsp3) is 0.750. The normalized spacial score (nSPS) is 33.2. The van der Waals surface area contributed by atoms with Crippen LogP contribution in [0.15, 0.2) is 6.20 Å². The summed E-state index contributed by atoms with van der Waals surface area (Å²) in [5.74, 6) is 0.900. The Labute approximate surface area is 96.4 Å². The summed E-state index contributed by atoms with van der Waals surface area (Å²) in [6.45, 7) is 6.90. The number of rotatable bonds is 3. The van der Waals surface area contributed by atoms with Gasteiger partial charge >= 0.3 is 0 Å². The number of nitrogens with one attached hydrogen (secondary N) is 2. The van der Waals surface area contributed by atoms with E-state index in [0.717, 1.165) is 12.5 Å². The topological polar surface area (TPSA) is 44.0 Å². The van der Waals surface area contributed by atoms with Crippen LogP contribution in [0, 0.1) is 12.8 Å². The van der Waals surface area contributed by atoms with Crippen LogP contribution in [0.4, 0.5) is 0 Å². The molecular weight excluding hydrogens is 200 g/mol. The highest BCUT2D eigenvalue weighted by molar-refractivity contribution is 5.14. The first-order chi connectivity index (χ1) is 7.83. The van der Waals surface area contributed by atoms with Crippen molar-refractivity contribution in [1.29, 1.82) is 0 Å². The second-order valence-electron chi connectivity index (χ2n) is 5.15. The molecule has 1 atom stereocenters. The molecule has 3 aliphatic heterocycles. The van der Waals surface area contributed by atoms with E-state index >= 15 is 0 Å². The Hall–Kier alpha value is -0.870. The Morgan fingerprint density at radius 2 is 2.31 bits per heavy atom. The van der Waals surface area contributed by atoms with Crippen molar-refractivity contribution in [3.05, 3.63) is 17.5 Å². The van der Waals surface area contributed by atoms with E-state index in [2.05, 4.69) is 27.3 Å². The zero-order valence-electron chi connectivity index (χ0n) is 9.87. The second-order valence-corrected chi connectivity index (χ2v) is 5.15. The van der Waals surface area contributed by atoms with Crippen LogP contribution in [-0.2, 0) is 6.54 Å². The average molecular weight is 220 g/mol. The van der Waals surface area contributed by atoms with Crippen molar-refractivity contribution in [2.45, 2.75) is 32.4 Å². The highest BCUT2D eigenvalue weighted by Gasteiger charge is 2.33. The van der Waals surface area contributed by atoms with Gasteiger partial charge in [0.1, 0.15) is 0 Å². The number of nitrogens with zero attached hydrogens (tertiary/aromatic N) is 2. The fourth-order valence-electron chi connectivity index (χ4n) is 2.99. The third kappa shape index (κ3) is 1.87. The maximum atomic E-state index is 4.06. The van der Waals surface area contributed by atoms with Crippen LogP contribution < -0.4 is 5.32 Å². The molecule has 4 nitrogen and oxygen atoms in total. The minimum Gasteiger partial charge on any atom is -0.308 e. The zero-order chi connectivity index (χ0) is 11.0. The Kier molecular flexibility index (Phi) is 2.69. The Balaban J connectivity index is 1.58. The largest absolute Gasteiger partial charge is 0.308 e. The highest BCUT2D eigenvalue weighted by Crippen LogP contribution is 2.27. The van der Waals surface area contributed by atoms with E-state index < -0.39 is 0 Å². The molecular formula is C12H20N4. The van der Waals surface area contributed by atoms with Gasteiger partial charge in [0.05, 0.1) is 6.20 Å². The molecule has 4 heteroatoms. The summed E-state index contributed by atoms with van der Waals surface area (Å²) in [7, 11) is 0. The van der Waals surface area contributed by atoms with Crippen molar-refractivity contribution in [1.82, 2.24) is 20.4 Å². The van der Waals surface area contributed by atoms with Crippen molar-refractivity contribution in [2.75, 3.05) is 19.6 Å². The van der Waals surface area contributed by atoms with Crippen LogP contribution in [0.3, 0.4) is 0 Å². The maximum Gasteiger partial charge on any atom is 0.0535 e. The summed E-state index contributed by atoms with van der Waals surface area (Å²) in [6.07, 6.45) is 4.69. The molecule has 2 bridgehead atoms. The van der Waals surface area contributed by atoms with Crippen molar-refractivity contribution >= 4 is 0 Å². The van der Waals surface area contributed by atoms with E-state index in [0.29, 0.717) is 6.04 Å². The number of aryl methyl sites for hydroxylation is 1. The molecule has 16 heavy (non-hydrogen) atoms. The predicted octanol–water partition coefficient (Wildman–Crippen LogP) is 0.902. The van der Waals surface area contributed by atoms with E-state index in [9.17, 15) is 0 Å². The van der Waals surface area contributed by atoms with Gasteiger partial charge in [-0.15, -0.1) is 0 Å². The lowest BCUT2D eigenvalue weighted by Crippen LogP contribution is -2.55. The molecule has 0 saturated carbocycles. The minimum atomic E-state index is 0.691. The van der Waals surface area contributed by atoms with Crippen molar-refractivity contribution in [2.24, 2.45) is 5.92 Å². The number of hydrogen-bond donors (Lipinski definition) is 2. The van der Waals surface area contributed by atoms with E-state index in [1.54, 1.807) is 0 Å². The standard InChI is InChI=1S/C12H20N4/c1-9-11(7-14-15-9)6-13-12-8-16-4-2-10(12)3-5-16/h7,10,12-13H,2-6,8H2,1H3,(H,14,15). The highest BCUT2D eigenvalue weighted by atomic mass is 15.2. The fourth-order valence-corrected chi connectivity index (χ4v) is 2.99. The van der Waals surface area contributed by atoms with Crippen LogP contribution >= 0.6 is 0 Å². The number of fused-ring (bicyclic) bond motifs is 3. The third-order valence-corrected chi connectivity index (χ3v) is 4.15. The number of H-pyrrole nitrogens is 1. The lowest BCUT2D eigenvalue weighted by Gasteiger charge is -2.45. The molecule has 1 aromatic heterocycles. The lowest BCUT2D eigenvalue weighted by atomic mass is 9.84. The number of hydrogen-bond acceptors (Lipinski definition) is 3. The SMILES string of the molecule is Cc1[nH]ncc1CNC1CN2CCC1CC2. The van der Waals surface area contributed by atoms with Crippen LogP contribution in [0.5, 0.6) is 0 Å². The lowest BCUT2D eigenvalue weighted by molar-refractivity contribution is 0.0720. The first-order valence-electron chi connectivity index (χ1n) is 6.27. The van der Waals surface area contributed by atoms with Crippen LogP contribution in [0.1, 0.15) is 24.1 Å². The van der Waals surface area contributed by atoms with Gasteiger partial charge in [-0.3, -0.25) is 5.10 Å². The molecule has 0 spiro atoms. The van der Waals surface area contributed by atoms with Gasteiger partial charge in [0.2, 0.25) is 0 Å². The van der Waals surface area contributed by atoms with E-state index in [1.165, 1.54) is 43.7 Å². The van der Waals surface area contributed by atoms with Crippen molar-refractivity contribution < 1.29 is 0 Å². The molecule has 1 aromatic rings. The molecule has 3 aliphatic rings. The number of piperidine rings is 3. The summed E-state index contributed by atoms with van der Waals surface area (Å²) in [5.41, 5.74) is 2.49. The summed E-state index contributed by atoms with van der Waals surface area (Å²) in [6, 6.07) is 0.691. The summed E-state index contributed by atoms with van der Waals surface area (Å²) >= 11 is 0.